The minimum Gasteiger partial charge on any atom is -0.465 e. The summed E-state index contributed by atoms with van der Waals surface area (Å²) in [7, 11) is 0. The van der Waals surface area contributed by atoms with Crippen LogP contribution in [0.4, 0.5) is 15.0 Å². The quantitative estimate of drug-likeness (QED) is 0.573. The van der Waals surface area contributed by atoms with Gasteiger partial charge in [-0.2, -0.15) is 0 Å². The molecule has 0 saturated carbocycles. The van der Waals surface area contributed by atoms with Crippen LogP contribution in [-0.4, -0.2) is 64.2 Å². The SMILES string of the molecule is C[C@H]1SCc2ncnc(N3CCN(C(=O)C(NC(=O)O)[C@@H](c4ccc(Cl)c(F)c4)C(C)(C)C)CC3)c21. The van der Waals surface area contributed by atoms with Gasteiger partial charge in [0.25, 0.3) is 0 Å². The van der Waals surface area contributed by atoms with Gasteiger partial charge in [0.2, 0.25) is 5.91 Å². The molecule has 0 spiro atoms. The van der Waals surface area contributed by atoms with Crippen molar-refractivity contribution in [3.05, 3.63) is 52.2 Å². The Morgan fingerprint density at radius 3 is 2.53 bits per heavy atom. The van der Waals surface area contributed by atoms with Crippen molar-refractivity contribution < 1.29 is 19.1 Å². The first-order chi connectivity index (χ1) is 17.0. The molecular formula is C25H31ClFN5O3S. The summed E-state index contributed by atoms with van der Waals surface area (Å²) in [5, 5.41) is 12.3. The highest BCUT2D eigenvalue weighted by molar-refractivity contribution is 7.99. The Bertz CT molecular complexity index is 1150. The minimum atomic E-state index is -1.31. The van der Waals surface area contributed by atoms with Crippen molar-refractivity contribution in [3.63, 3.8) is 0 Å². The minimum absolute atomic E-state index is 0.0273. The molecule has 1 saturated heterocycles. The molecule has 3 atom stereocenters. The lowest BCUT2D eigenvalue weighted by Crippen LogP contribution is -2.58. The predicted octanol–water partition coefficient (Wildman–Crippen LogP) is 4.69. The summed E-state index contributed by atoms with van der Waals surface area (Å²) in [5.41, 5.74) is 2.17. The summed E-state index contributed by atoms with van der Waals surface area (Å²) in [6.07, 6.45) is 0.287. The van der Waals surface area contributed by atoms with Gasteiger partial charge in [0.1, 0.15) is 24.0 Å². The number of hydrogen-bond acceptors (Lipinski definition) is 6. The first kappa shape index (κ1) is 26.5. The second kappa shape index (κ2) is 10.4. The lowest BCUT2D eigenvalue weighted by atomic mass is 9.71. The number of anilines is 1. The number of amides is 2. The topological polar surface area (TPSA) is 98.7 Å². The van der Waals surface area contributed by atoms with Crippen molar-refractivity contribution in [2.45, 2.75) is 50.7 Å². The summed E-state index contributed by atoms with van der Waals surface area (Å²) in [4.78, 5) is 38.3. The number of nitrogens with one attached hydrogen (secondary N) is 1. The summed E-state index contributed by atoms with van der Waals surface area (Å²) in [6.45, 7) is 9.84. The average Bonchev–Trinajstić information content (AvgIpc) is 3.20. The third-order valence-electron chi connectivity index (χ3n) is 6.83. The molecule has 2 aliphatic heterocycles. The summed E-state index contributed by atoms with van der Waals surface area (Å²) in [6, 6.07) is 3.28. The Morgan fingerprint density at radius 1 is 1.22 bits per heavy atom. The van der Waals surface area contributed by atoms with Crippen LogP contribution in [0.15, 0.2) is 24.5 Å². The highest BCUT2D eigenvalue weighted by Gasteiger charge is 2.42. The number of rotatable bonds is 5. The van der Waals surface area contributed by atoms with Crippen molar-refractivity contribution in [3.8, 4) is 0 Å². The van der Waals surface area contributed by atoms with Crippen molar-refractivity contribution in [1.29, 1.82) is 0 Å². The van der Waals surface area contributed by atoms with Crippen LogP contribution in [0.25, 0.3) is 0 Å². The molecule has 1 aromatic carbocycles. The van der Waals surface area contributed by atoms with E-state index in [1.165, 1.54) is 12.1 Å². The van der Waals surface area contributed by atoms with E-state index < -0.39 is 29.3 Å². The Morgan fingerprint density at radius 2 is 1.92 bits per heavy atom. The zero-order valence-electron chi connectivity index (χ0n) is 20.8. The Hall–Kier alpha value is -2.59. The first-order valence-electron chi connectivity index (χ1n) is 11.9. The fraction of sp³-hybridized carbons (Fsp3) is 0.520. The molecule has 1 unspecified atom stereocenters. The molecule has 0 bridgehead atoms. The maximum absolute atomic E-state index is 14.4. The number of carboxylic acid groups (broad SMARTS) is 1. The molecule has 194 valence electrons. The number of fused-ring (bicyclic) bond motifs is 1. The third-order valence-corrected chi connectivity index (χ3v) is 8.31. The van der Waals surface area contributed by atoms with Crippen LogP contribution in [0.2, 0.25) is 5.02 Å². The number of hydrogen-bond donors (Lipinski definition) is 2. The monoisotopic (exact) mass is 535 g/mol. The molecule has 4 rings (SSSR count). The molecular weight excluding hydrogens is 505 g/mol. The molecule has 1 fully saturated rings. The molecule has 2 aromatic rings. The van der Waals surface area contributed by atoms with E-state index in [0.29, 0.717) is 37.0 Å². The van der Waals surface area contributed by atoms with Crippen LogP contribution in [-0.2, 0) is 10.5 Å². The van der Waals surface area contributed by atoms with E-state index in [2.05, 4.69) is 27.1 Å². The zero-order valence-corrected chi connectivity index (χ0v) is 22.4. The van der Waals surface area contributed by atoms with E-state index in [-0.39, 0.29) is 10.9 Å². The Balaban J connectivity index is 1.57. The molecule has 8 nitrogen and oxygen atoms in total. The lowest BCUT2D eigenvalue weighted by molar-refractivity contribution is -0.135. The van der Waals surface area contributed by atoms with Gasteiger partial charge in [-0.1, -0.05) is 38.4 Å². The third kappa shape index (κ3) is 5.39. The van der Waals surface area contributed by atoms with Gasteiger partial charge in [-0.05, 0) is 30.0 Å². The Labute approximate surface area is 219 Å². The summed E-state index contributed by atoms with van der Waals surface area (Å²) in [5.74, 6) is 0.224. The van der Waals surface area contributed by atoms with Gasteiger partial charge in [-0.25, -0.2) is 19.2 Å². The molecule has 1 aromatic heterocycles. The number of benzene rings is 1. The molecule has 2 amide bonds. The number of aromatic nitrogens is 2. The largest absolute Gasteiger partial charge is 0.465 e. The lowest BCUT2D eigenvalue weighted by Gasteiger charge is -2.41. The van der Waals surface area contributed by atoms with Gasteiger partial charge < -0.3 is 20.2 Å². The summed E-state index contributed by atoms with van der Waals surface area (Å²) >= 11 is 7.71. The van der Waals surface area contributed by atoms with Crippen LogP contribution in [0.1, 0.15) is 55.7 Å². The standard InChI is InChI=1S/C25H31ClFN5O3S/c1-14-19-18(12-36-14)28-13-29-22(19)31-7-9-32(10-8-31)23(33)21(30-24(34)35)20(25(2,3)4)15-5-6-16(26)17(27)11-15/h5-6,11,13-14,20-21,30H,7-10,12H2,1-4H3,(H,34,35)/t14-,20-,21?/m1/s1. The second-order valence-electron chi connectivity index (χ2n) is 10.3. The van der Waals surface area contributed by atoms with Crippen LogP contribution in [0, 0.1) is 11.2 Å². The van der Waals surface area contributed by atoms with Gasteiger partial charge in [-0.15, -0.1) is 11.8 Å². The highest BCUT2D eigenvalue weighted by atomic mass is 35.5. The number of carbonyl (C=O) groups excluding carboxylic acids is 1. The fourth-order valence-corrected chi connectivity index (χ4v) is 6.31. The van der Waals surface area contributed by atoms with E-state index in [0.717, 1.165) is 22.8 Å². The first-order valence-corrected chi connectivity index (χ1v) is 13.3. The van der Waals surface area contributed by atoms with Crippen LogP contribution >= 0.6 is 23.4 Å². The molecule has 11 heteroatoms. The molecule has 3 heterocycles. The van der Waals surface area contributed by atoms with Crippen molar-refractivity contribution in [1.82, 2.24) is 20.2 Å². The van der Waals surface area contributed by atoms with Crippen molar-refractivity contribution in [2.75, 3.05) is 31.1 Å². The van der Waals surface area contributed by atoms with Gasteiger partial charge in [0.05, 0.1) is 10.7 Å². The van der Waals surface area contributed by atoms with E-state index >= 15 is 0 Å². The Kier molecular flexibility index (Phi) is 7.66. The predicted molar refractivity (Wildman–Crippen MR) is 139 cm³/mol. The maximum atomic E-state index is 14.4. The number of carbonyl (C=O) groups is 2. The molecule has 2 aliphatic rings. The number of thioether (sulfide) groups is 1. The molecule has 36 heavy (non-hydrogen) atoms. The van der Waals surface area contributed by atoms with Gasteiger partial charge >= 0.3 is 6.09 Å². The van der Waals surface area contributed by atoms with Crippen molar-refractivity contribution in [2.24, 2.45) is 5.41 Å². The molecule has 0 aliphatic carbocycles. The van der Waals surface area contributed by atoms with Crippen LogP contribution in [0.5, 0.6) is 0 Å². The normalized spacial score (nSPS) is 19.6. The van der Waals surface area contributed by atoms with E-state index in [1.54, 1.807) is 17.3 Å². The van der Waals surface area contributed by atoms with Crippen molar-refractivity contribution >= 4 is 41.2 Å². The van der Waals surface area contributed by atoms with E-state index in [4.69, 9.17) is 11.6 Å². The zero-order chi connectivity index (χ0) is 26.2. The molecule has 0 radical (unpaired) electrons. The average molecular weight is 536 g/mol. The number of piperazine rings is 1. The number of nitrogens with zero attached hydrogens (tertiary/aromatic N) is 4. The van der Waals surface area contributed by atoms with E-state index in [1.807, 2.05) is 32.5 Å². The number of halogens is 2. The fourth-order valence-electron chi connectivity index (χ4n) is 5.15. The van der Waals surface area contributed by atoms with Gasteiger partial charge in [0, 0.05) is 48.7 Å². The second-order valence-corrected chi connectivity index (χ2v) is 12.0. The summed E-state index contributed by atoms with van der Waals surface area (Å²) < 4.78 is 14.4. The molecule has 2 N–H and O–H groups in total. The maximum Gasteiger partial charge on any atom is 0.405 e. The smallest absolute Gasteiger partial charge is 0.405 e. The highest BCUT2D eigenvalue weighted by Crippen LogP contribution is 2.44. The van der Waals surface area contributed by atoms with E-state index in [9.17, 15) is 19.1 Å². The van der Waals surface area contributed by atoms with Crippen LogP contribution < -0.4 is 10.2 Å². The van der Waals surface area contributed by atoms with Gasteiger partial charge in [-0.3, -0.25) is 4.79 Å². The van der Waals surface area contributed by atoms with Crippen LogP contribution in [0.3, 0.4) is 0 Å². The van der Waals surface area contributed by atoms with Gasteiger partial charge in [0.15, 0.2) is 0 Å².